The molecule has 2 rings (SSSR count). The number of rotatable bonds is 6. The number of carbonyl (C=O) groups excluding carboxylic acids is 1. The fourth-order valence-electron chi connectivity index (χ4n) is 2.25. The number of hydrogen-bond donors (Lipinski definition) is 3. The monoisotopic (exact) mass is 358 g/mol. The molecule has 0 fully saturated rings. The number of halogens is 1. The summed E-state index contributed by atoms with van der Waals surface area (Å²) in [4.78, 5) is 15.7. The molecule has 0 aliphatic rings. The smallest absolute Gasteiger partial charge is 0.221 e. The molecule has 0 radical (unpaired) electrons. The van der Waals surface area contributed by atoms with Crippen molar-refractivity contribution in [3.63, 3.8) is 0 Å². The fourth-order valence-corrected chi connectivity index (χ4v) is 2.38. The Balaban J connectivity index is 1.98. The molecule has 0 unspecified atom stereocenters. The number of nitrogens with zero attached hydrogens (tertiary/aromatic N) is 1. The number of guanidine groups is 1. The predicted octanol–water partition coefficient (Wildman–Crippen LogP) is 3.55. The van der Waals surface area contributed by atoms with Gasteiger partial charge in [0.1, 0.15) is 0 Å². The van der Waals surface area contributed by atoms with Crippen LogP contribution in [-0.4, -0.2) is 18.4 Å². The Labute approximate surface area is 153 Å². The van der Waals surface area contributed by atoms with Crippen molar-refractivity contribution in [2.75, 3.05) is 11.9 Å². The van der Waals surface area contributed by atoms with Crippen LogP contribution in [0.2, 0.25) is 5.02 Å². The van der Waals surface area contributed by atoms with Gasteiger partial charge in [0.2, 0.25) is 5.91 Å². The van der Waals surface area contributed by atoms with Crippen molar-refractivity contribution in [2.45, 2.75) is 26.9 Å². The second-order valence-electron chi connectivity index (χ2n) is 5.56. The highest BCUT2D eigenvalue weighted by Gasteiger charge is 2.01. The molecule has 0 saturated heterocycles. The van der Waals surface area contributed by atoms with Crippen molar-refractivity contribution in [1.29, 1.82) is 0 Å². The Bertz CT molecular complexity index is 728. The number of amides is 1. The second-order valence-corrected chi connectivity index (χ2v) is 5.99. The van der Waals surface area contributed by atoms with Crippen LogP contribution in [0.25, 0.3) is 0 Å². The number of aliphatic imine (C=N–C) groups is 1. The molecule has 25 heavy (non-hydrogen) atoms. The molecule has 0 heterocycles. The molecule has 132 valence electrons. The number of hydrogen-bond acceptors (Lipinski definition) is 2. The average molecular weight is 359 g/mol. The maximum atomic E-state index is 11.1. The van der Waals surface area contributed by atoms with Gasteiger partial charge in [-0.3, -0.25) is 4.79 Å². The van der Waals surface area contributed by atoms with Crippen molar-refractivity contribution >= 4 is 29.2 Å². The van der Waals surface area contributed by atoms with E-state index in [-0.39, 0.29) is 5.91 Å². The average Bonchev–Trinajstić information content (AvgIpc) is 2.58. The van der Waals surface area contributed by atoms with Gasteiger partial charge in [0.05, 0.1) is 6.54 Å². The molecule has 0 aliphatic heterocycles. The fraction of sp³-hybridized carbons (Fsp3) is 0.263. The molecule has 5 nitrogen and oxygen atoms in total. The first-order valence-corrected chi connectivity index (χ1v) is 8.57. The van der Waals surface area contributed by atoms with E-state index in [1.165, 1.54) is 6.92 Å². The Morgan fingerprint density at radius 2 is 1.84 bits per heavy atom. The zero-order chi connectivity index (χ0) is 18.1. The minimum Gasteiger partial charge on any atom is -0.357 e. The van der Waals surface area contributed by atoms with Gasteiger partial charge >= 0.3 is 0 Å². The van der Waals surface area contributed by atoms with Crippen LogP contribution >= 0.6 is 11.6 Å². The first-order valence-electron chi connectivity index (χ1n) is 8.20. The molecule has 0 aliphatic carbocycles. The molecule has 2 aromatic rings. The van der Waals surface area contributed by atoms with Crippen LogP contribution in [0.15, 0.2) is 53.5 Å². The van der Waals surface area contributed by atoms with Crippen molar-refractivity contribution < 1.29 is 4.79 Å². The van der Waals surface area contributed by atoms with E-state index < -0.39 is 0 Å². The maximum Gasteiger partial charge on any atom is 0.221 e. The van der Waals surface area contributed by atoms with E-state index in [1.54, 1.807) is 0 Å². The van der Waals surface area contributed by atoms with Crippen LogP contribution in [-0.2, 0) is 17.9 Å². The molecule has 0 saturated carbocycles. The lowest BCUT2D eigenvalue weighted by Crippen LogP contribution is -2.36. The van der Waals surface area contributed by atoms with E-state index in [1.807, 2.05) is 55.5 Å². The third-order valence-electron chi connectivity index (χ3n) is 3.38. The van der Waals surface area contributed by atoms with Crippen LogP contribution in [0.5, 0.6) is 0 Å². The summed E-state index contributed by atoms with van der Waals surface area (Å²) in [5, 5.41) is 10.0. The minimum absolute atomic E-state index is 0.0846. The summed E-state index contributed by atoms with van der Waals surface area (Å²) in [5.41, 5.74) is 2.93. The van der Waals surface area contributed by atoms with Crippen LogP contribution in [0.1, 0.15) is 25.0 Å². The molecule has 1 amide bonds. The van der Waals surface area contributed by atoms with E-state index in [9.17, 15) is 4.79 Å². The predicted molar refractivity (Wildman–Crippen MR) is 104 cm³/mol. The molecule has 0 aromatic heterocycles. The van der Waals surface area contributed by atoms with E-state index in [4.69, 9.17) is 11.6 Å². The first kappa shape index (κ1) is 18.8. The number of benzene rings is 2. The Morgan fingerprint density at radius 3 is 2.52 bits per heavy atom. The quantitative estimate of drug-likeness (QED) is 0.546. The van der Waals surface area contributed by atoms with E-state index in [2.05, 4.69) is 20.9 Å². The van der Waals surface area contributed by atoms with Crippen molar-refractivity contribution in [2.24, 2.45) is 4.99 Å². The van der Waals surface area contributed by atoms with Gasteiger partial charge in [-0.2, -0.15) is 0 Å². The largest absolute Gasteiger partial charge is 0.357 e. The zero-order valence-electron chi connectivity index (χ0n) is 14.5. The Kier molecular flexibility index (Phi) is 7.29. The van der Waals surface area contributed by atoms with Crippen LogP contribution < -0.4 is 16.0 Å². The minimum atomic E-state index is -0.0846. The number of nitrogens with one attached hydrogen (secondary N) is 3. The topological polar surface area (TPSA) is 65.5 Å². The van der Waals surface area contributed by atoms with Gasteiger partial charge in [-0.05, 0) is 42.3 Å². The first-order chi connectivity index (χ1) is 12.1. The van der Waals surface area contributed by atoms with Gasteiger partial charge in [0.25, 0.3) is 0 Å². The molecule has 0 bridgehead atoms. The van der Waals surface area contributed by atoms with E-state index >= 15 is 0 Å². The summed E-state index contributed by atoms with van der Waals surface area (Å²) in [7, 11) is 0. The Hall–Kier alpha value is -2.53. The lowest BCUT2D eigenvalue weighted by atomic mass is 10.2. The van der Waals surface area contributed by atoms with Gasteiger partial charge in [0, 0.05) is 30.7 Å². The van der Waals surface area contributed by atoms with Crippen LogP contribution in [0, 0.1) is 0 Å². The second kappa shape index (κ2) is 9.69. The third kappa shape index (κ3) is 6.85. The van der Waals surface area contributed by atoms with Gasteiger partial charge in [0.15, 0.2) is 5.96 Å². The highest BCUT2D eigenvalue weighted by Crippen LogP contribution is 2.12. The summed E-state index contributed by atoms with van der Waals surface area (Å²) >= 11 is 5.90. The molecular weight excluding hydrogens is 336 g/mol. The third-order valence-corrected chi connectivity index (χ3v) is 3.64. The number of anilines is 1. The Morgan fingerprint density at radius 1 is 1.08 bits per heavy atom. The number of carbonyl (C=O) groups is 1. The van der Waals surface area contributed by atoms with Crippen LogP contribution in [0.4, 0.5) is 5.69 Å². The SMILES string of the molecule is CCNC(=NCc1cccc(NC(C)=O)c1)NCc1ccc(Cl)cc1. The van der Waals surface area contributed by atoms with E-state index in [0.717, 1.165) is 34.3 Å². The summed E-state index contributed by atoms with van der Waals surface area (Å²) in [5.74, 6) is 0.654. The van der Waals surface area contributed by atoms with Crippen molar-refractivity contribution in [3.8, 4) is 0 Å². The van der Waals surface area contributed by atoms with Gasteiger partial charge in [-0.1, -0.05) is 35.9 Å². The van der Waals surface area contributed by atoms with Gasteiger partial charge in [-0.25, -0.2) is 4.99 Å². The molecule has 6 heteroatoms. The van der Waals surface area contributed by atoms with E-state index in [0.29, 0.717) is 13.1 Å². The highest BCUT2D eigenvalue weighted by molar-refractivity contribution is 6.30. The summed E-state index contributed by atoms with van der Waals surface area (Å²) in [6.07, 6.45) is 0. The van der Waals surface area contributed by atoms with Crippen molar-refractivity contribution in [1.82, 2.24) is 10.6 Å². The normalized spacial score (nSPS) is 11.1. The molecule has 2 aromatic carbocycles. The van der Waals surface area contributed by atoms with Gasteiger partial charge < -0.3 is 16.0 Å². The molecule has 0 atom stereocenters. The standard InChI is InChI=1S/C19H23ClN4O/c1-3-21-19(22-12-15-7-9-17(20)10-8-15)23-13-16-5-4-6-18(11-16)24-14(2)25/h4-11H,3,12-13H2,1-2H3,(H,24,25)(H2,21,22,23). The maximum absolute atomic E-state index is 11.1. The molecule has 0 spiro atoms. The lowest BCUT2D eigenvalue weighted by Gasteiger charge is -2.12. The molecule has 3 N–H and O–H groups in total. The summed E-state index contributed by atoms with van der Waals surface area (Å²) in [6.45, 7) is 5.47. The molecular formula is C19H23ClN4O. The van der Waals surface area contributed by atoms with Crippen molar-refractivity contribution in [3.05, 3.63) is 64.7 Å². The van der Waals surface area contributed by atoms with Crippen LogP contribution in [0.3, 0.4) is 0 Å². The summed E-state index contributed by atoms with van der Waals surface area (Å²) < 4.78 is 0. The van der Waals surface area contributed by atoms with Gasteiger partial charge in [-0.15, -0.1) is 0 Å². The summed E-state index contributed by atoms with van der Waals surface area (Å²) in [6, 6.07) is 15.4. The highest BCUT2D eigenvalue weighted by atomic mass is 35.5. The zero-order valence-corrected chi connectivity index (χ0v) is 15.2. The lowest BCUT2D eigenvalue weighted by molar-refractivity contribution is -0.114.